The molecule has 1 N–H and O–H groups in total. The molecule has 0 radical (unpaired) electrons. The van der Waals surface area contributed by atoms with Crippen LogP contribution in [0.5, 0.6) is 0 Å². The fraction of sp³-hybridized carbons (Fsp3) is 0.500. The number of carbonyl (C=O) groups excluding carboxylic acids is 2. The van der Waals surface area contributed by atoms with Crippen molar-refractivity contribution in [2.45, 2.75) is 24.7 Å². The molecule has 1 saturated heterocycles. The average Bonchev–Trinajstić information content (AvgIpc) is 2.61. The Labute approximate surface area is 146 Å². The number of piperazine rings is 1. The molecular formula is C16H21N3O5S. The second kappa shape index (κ2) is 7.01. The van der Waals surface area contributed by atoms with Crippen molar-refractivity contribution in [2.75, 3.05) is 38.1 Å². The van der Waals surface area contributed by atoms with Gasteiger partial charge in [0.15, 0.2) is 0 Å². The summed E-state index contributed by atoms with van der Waals surface area (Å²) in [7, 11) is -3.63. The molecule has 25 heavy (non-hydrogen) atoms. The van der Waals surface area contributed by atoms with Gasteiger partial charge in [-0.15, -0.1) is 0 Å². The molecule has 1 aromatic rings. The number of amides is 2. The molecule has 0 spiro atoms. The number of carbonyl (C=O) groups is 2. The Hall–Kier alpha value is -2.13. The number of hydrogen-bond donors (Lipinski definition) is 1. The number of aryl methyl sites for hydroxylation is 1. The van der Waals surface area contributed by atoms with Gasteiger partial charge in [-0.1, -0.05) is 0 Å². The highest BCUT2D eigenvalue weighted by atomic mass is 32.2. The number of fused-ring (bicyclic) bond motifs is 1. The minimum Gasteiger partial charge on any atom is -0.450 e. The summed E-state index contributed by atoms with van der Waals surface area (Å²) >= 11 is 0. The van der Waals surface area contributed by atoms with Crippen LogP contribution in [-0.2, 0) is 26.0 Å². The van der Waals surface area contributed by atoms with E-state index in [-0.39, 0.29) is 23.9 Å². The van der Waals surface area contributed by atoms with Crippen LogP contribution in [0.25, 0.3) is 0 Å². The number of anilines is 1. The minimum absolute atomic E-state index is 0.0572. The fourth-order valence-corrected chi connectivity index (χ4v) is 4.47. The predicted octanol–water partition coefficient (Wildman–Crippen LogP) is 1.03. The zero-order valence-corrected chi connectivity index (χ0v) is 14.8. The number of rotatable bonds is 3. The van der Waals surface area contributed by atoms with E-state index in [1.165, 1.54) is 15.3 Å². The topological polar surface area (TPSA) is 96.0 Å². The lowest BCUT2D eigenvalue weighted by molar-refractivity contribution is -0.116. The van der Waals surface area contributed by atoms with Gasteiger partial charge >= 0.3 is 6.09 Å². The zero-order valence-electron chi connectivity index (χ0n) is 14.0. The largest absolute Gasteiger partial charge is 0.450 e. The van der Waals surface area contributed by atoms with Crippen LogP contribution in [-0.4, -0.2) is 62.4 Å². The monoisotopic (exact) mass is 367 g/mol. The maximum atomic E-state index is 12.8. The number of sulfonamides is 1. The Kier molecular flexibility index (Phi) is 4.96. The van der Waals surface area contributed by atoms with Gasteiger partial charge in [0.25, 0.3) is 0 Å². The van der Waals surface area contributed by atoms with Crippen LogP contribution in [0, 0.1) is 0 Å². The van der Waals surface area contributed by atoms with Crippen molar-refractivity contribution in [3.8, 4) is 0 Å². The Balaban J connectivity index is 1.73. The molecule has 2 aliphatic heterocycles. The summed E-state index contributed by atoms with van der Waals surface area (Å²) in [5.74, 6) is -0.0572. The smallest absolute Gasteiger partial charge is 0.409 e. The van der Waals surface area contributed by atoms with Crippen molar-refractivity contribution in [2.24, 2.45) is 0 Å². The summed E-state index contributed by atoms with van der Waals surface area (Å²) in [6.45, 7) is 3.10. The van der Waals surface area contributed by atoms with E-state index in [2.05, 4.69) is 5.32 Å². The van der Waals surface area contributed by atoms with E-state index >= 15 is 0 Å². The molecule has 1 fully saturated rings. The van der Waals surface area contributed by atoms with Crippen molar-refractivity contribution in [1.29, 1.82) is 0 Å². The summed E-state index contributed by atoms with van der Waals surface area (Å²) in [5.41, 5.74) is 1.49. The molecule has 0 aliphatic carbocycles. The van der Waals surface area contributed by atoms with Crippen LogP contribution in [0.1, 0.15) is 18.9 Å². The van der Waals surface area contributed by atoms with Crippen molar-refractivity contribution >= 4 is 27.7 Å². The van der Waals surface area contributed by atoms with Gasteiger partial charge in [0.1, 0.15) is 0 Å². The molecule has 8 nitrogen and oxygen atoms in total. The van der Waals surface area contributed by atoms with Crippen molar-refractivity contribution in [3.63, 3.8) is 0 Å². The molecule has 2 amide bonds. The van der Waals surface area contributed by atoms with Crippen molar-refractivity contribution < 1.29 is 22.7 Å². The van der Waals surface area contributed by atoms with E-state index < -0.39 is 16.1 Å². The van der Waals surface area contributed by atoms with Crippen molar-refractivity contribution in [3.05, 3.63) is 23.8 Å². The van der Waals surface area contributed by atoms with Gasteiger partial charge < -0.3 is 15.0 Å². The van der Waals surface area contributed by atoms with Gasteiger partial charge in [-0.05, 0) is 37.1 Å². The number of ether oxygens (including phenoxy) is 1. The summed E-state index contributed by atoms with van der Waals surface area (Å²) < 4.78 is 32.0. The molecule has 0 unspecified atom stereocenters. The van der Waals surface area contributed by atoms with Crippen molar-refractivity contribution in [1.82, 2.24) is 9.21 Å². The van der Waals surface area contributed by atoms with Crippen LogP contribution in [0.3, 0.4) is 0 Å². The van der Waals surface area contributed by atoms with Gasteiger partial charge in [-0.3, -0.25) is 4.79 Å². The molecule has 0 aromatic heterocycles. The molecule has 0 atom stereocenters. The Morgan fingerprint density at radius 2 is 1.92 bits per heavy atom. The third-order valence-electron chi connectivity index (χ3n) is 4.37. The first-order chi connectivity index (χ1) is 11.9. The maximum absolute atomic E-state index is 12.8. The normalized spacial score (nSPS) is 18.4. The predicted molar refractivity (Wildman–Crippen MR) is 90.7 cm³/mol. The molecule has 1 aromatic carbocycles. The zero-order chi connectivity index (χ0) is 18.0. The summed E-state index contributed by atoms with van der Waals surface area (Å²) in [5, 5.41) is 2.74. The second-order valence-electron chi connectivity index (χ2n) is 5.96. The lowest BCUT2D eigenvalue weighted by Gasteiger charge is -2.33. The molecule has 2 aliphatic rings. The number of benzene rings is 1. The summed E-state index contributed by atoms with van der Waals surface area (Å²) in [6, 6.07) is 4.77. The van der Waals surface area contributed by atoms with Crippen LogP contribution in [0.2, 0.25) is 0 Å². The minimum atomic E-state index is -3.63. The van der Waals surface area contributed by atoms with Crippen LogP contribution < -0.4 is 5.32 Å². The summed E-state index contributed by atoms with van der Waals surface area (Å²) in [4.78, 5) is 24.8. The molecule has 9 heteroatoms. The SMILES string of the molecule is CCOC(=O)N1CCN(S(=O)(=O)c2ccc3c(c2)CCC(=O)N3)CC1. The highest BCUT2D eigenvalue weighted by Crippen LogP contribution is 2.27. The lowest BCUT2D eigenvalue weighted by Crippen LogP contribution is -2.50. The van der Waals surface area contributed by atoms with Gasteiger partial charge in [0, 0.05) is 38.3 Å². The first kappa shape index (κ1) is 17.7. The average molecular weight is 367 g/mol. The van der Waals surface area contributed by atoms with Gasteiger partial charge in [-0.2, -0.15) is 4.31 Å². The van der Waals surface area contributed by atoms with E-state index in [9.17, 15) is 18.0 Å². The standard InChI is InChI=1S/C16H21N3O5S/c1-2-24-16(21)18-7-9-19(10-8-18)25(22,23)13-4-5-14-12(11-13)3-6-15(20)17-14/h4-5,11H,2-3,6-10H2,1H3,(H,17,20). The lowest BCUT2D eigenvalue weighted by atomic mass is 10.0. The first-order valence-corrected chi connectivity index (χ1v) is 9.70. The summed E-state index contributed by atoms with van der Waals surface area (Å²) in [6.07, 6.45) is 0.472. The Bertz CT molecular complexity index is 785. The van der Waals surface area contributed by atoms with E-state index in [1.54, 1.807) is 19.1 Å². The highest BCUT2D eigenvalue weighted by Gasteiger charge is 2.31. The van der Waals surface area contributed by atoms with Gasteiger partial charge in [-0.25, -0.2) is 13.2 Å². The van der Waals surface area contributed by atoms with Crippen LogP contribution >= 0.6 is 0 Å². The fourth-order valence-electron chi connectivity index (χ4n) is 3.00. The number of nitrogens with zero attached hydrogens (tertiary/aromatic N) is 2. The van der Waals surface area contributed by atoms with Crippen LogP contribution in [0.4, 0.5) is 10.5 Å². The molecule has 3 rings (SSSR count). The Morgan fingerprint density at radius 3 is 2.60 bits per heavy atom. The van der Waals surface area contributed by atoms with E-state index in [0.29, 0.717) is 38.2 Å². The molecule has 0 saturated carbocycles. The molecule has 2 heterocycles. The van der Waals surface area contributed by atoms with E-state index in [4.69, 9.17) is 4.74 Å². The molecule has 136 valence electrons. The number of hydrogen-bond acceptors (Lipinski definition) is 5. The highest BCUT2D eigenvalue weighted by molar-refractivity contribution is 7.89. The molecule has 0 bridgehead atoms. The quantitative estimate of drug-likeness (QED) is 0.861. The second-order valence-corrected chi connectivity index (χ2v) is 7.90. The van der Waals surface area contributed by atoms with E-state index in [0.717, 1.165) is 5.56 Å². The first-order valence-electron chi connectivity index (χ1n) is 8.26. The maximum Gasteiger partial charge on any atom is 0.409 e. The Morgan fingerprint density at radius 1 is 1.20 bits per heavy atom. The van der Waals surface area contributed by atoms with Gasteiger partial charge in [0.2, 0.25) is 15.9 Å². The third kappa shape index (κ3) is 3.62. The van der Waals surface area contributed by atoms with E-state index in [1.807, 2.05) is 0 Å². The third-order valence-corrected chi connectivity index (χ3v) is 6.27. The molecular weight excluding hydrogens is 346 g/mol. The number of nitrogens with one attached hydrogen (secondary N) is 1. The van der Waals surface area contributed by atoms with Crippen LogP contribution in [0.15, 0.2) is 23.1 Å². The van der Waals surface area contributed by atoms with Gasteiger partial charge in [0.05, 0.1) is 11.5 Å².